The predicted molar refractivity (Wildman–Crippen MR) is 132 cm³/mol. The summed E-state index contributed by atoms with van der Waals surface area (Å²) in [6.45, 7) is 2.20. The maximum atomic E-state index is 15.0. The van der Waals surface area contributed by atoms with Crippen LogP contribution in [0.4, 0.5) is 17.6 Å². The molecule has 4 aromatic rings. The standard InChI is InChI=1S/C30H20F4O3/c1-2-3-17-4-6-18(7-5-17)21-12-13-22(27(32)26(21)31)19-8-10-20(11-9-19)30(35)37-24-15-14-23(25-16-36-25)28(33)29(24)34/h2-15,25H,16H2,1H3/b3-2+. The lowest BCUT2D eigenvalue weighted by Crippen LogP contribution is -2.10. The molecule has 1 fully saturated rings. The van der Waals surface area contributed by atoms with Gasteiger partial charge in [-0.1, -0.05) is 60.7 Å². The molecule has 1 aliphatic rings. The summed E-state index contributed by atoms with van der Waals surface area (Å²) in [6.07, 6.45) is 3.29. The SMILES string of the molecule is C/C=C/c1ccc(-c2ccc(-c3ccc(C(=O)Oc4ccc(C5CO5)c(F)c4F)cc3)c(F)c2F)cc1. The first-order chi connectivity index (χ1) is 17.9. The Labute approximate surface area is 210 Å². The molecule has 0 aliphatic carbocycles. The number of allylic oxidation sites excluding steroid dienone is 1. The number of benzene rings is 4. The van der Waals surface area contributed by atoms with E-state index >= 15 is 0 Å². The third kappa shape index (κ3) is 4.90. The van der Waals surface area contributed by atoms with E-state index in [0.717, 1.165) is 11.6 Å². The Morgan fingerprint density at radius 3 is 1.89 bits per heavy atom. The smallest absolute Gasteiger partial charge is 0.343 e. The molecule has 0 bridgehead atoms. The second-order valence-electron chi connectivity index (χ2n) is 8.48. The van der Waals surface area contributed by atoms with Crippen LogP contribution in [0.5, 0.6) is 5.75 Å². The van der Waals surface area contributed by atoms with Gasteiger partial charge in [-0.05, 0) is 47.9 Å². The lowest BCUT2D eigenvalue weighted by molar-refractivity contribution is 0.0726. The first kappa shape index (κ1) is 24.5. The molecule has 0 radical (unpaired) electrons. The molecule has 1 saturated heterocycles. The Balaban J connectivity index is 1.35. The molecule has 7 heteroatoms. The number of esters is 1. The van der Waals surface area contributed by atoms with Crippen molar-refractivity contribution >= 4 is 12.0 Å². The fraction of sp³-hybridized carbons (Fsp3) is 0.100. The second-order valence-corrected chi connectivity index (χ2v) is 8.48. The van der Waals surface area contributed by atoms with Crippen LogP contribution in [0.2, 0.25) is 0 Å². The van der Waals surface area contributed by atoms with Gasteiger partial charge in [0.05, 0.1) is 12.2 Å². The van der Waals surface area contributed by atoms with E-state index in [-0.39, 0.29) is 22.3 Å². The van der Waals surface area contributed by atoms with Crippen molar-refractivity contribution in [3.8, 4) is 28.0 Å². The fourth-order valence-corrected chi connectivity index (χ4v) is 4.01. The van der Waals surface area contributed by atoms with Crippen LogP contribution in [0.15, 0.2) is 78.9 Å². The molecule has 0 saturated carbocycles. The quantitative estimate of drug-likeness (QED) is 0.116. The number of hydrogen-bond donors (Lipinski definition) is 0. The van der Waals surface area contributed by atoms with E-state index in [4.69, 9.17) is 9.47 Å². The van der Waals surface area contributed by atoms with Crippen LogP contribution >= 0.6 is 0 Å². The van der Waals surface area contributed by atoms with Crippen LogP contribution in [-0.2, 0) is 4.74 Å². The van der Waals surface area contributed by atoms with Gasteiger partial charge < -0.3 is 9.47 Å². The highest BCUT2D eigenvalue weighted by Crippen LogP contribution is 2.35. The maximum Gasteiger partial charge on any atom is 0.343 e. The molecule has 1 aliphatic heterocycles. The highest BCUT2D eigenvalue weighted by atomic mass is 19.2. The van der Waals surface area contributed by atoms with Crippen LogP contribution in [0, 0.1) is 23.3 Å². The molecule has 0 spiro atoms. The molecule has 0 aromatic heterocycles. The Bertz CT molecular complexity index is 1510. The first-order valence-electron chi connectivity index (χ1n) is 11.5. The van der Waals surface area contributed by atoms with Crippen molar-refractivity contribution in [1.82, 2.24) is 0 Å². The summed E-state index contributed by atoms with van der Waals surface area (Å²) in [4.78, 5) is 12.5. The van der Waals surface area contributed by atoms with E-state index in [1.807, 2.05) is 31.2 Å². The minimum atomic E-state index is -1.29. The van der Waals surface area contributed by atoms with Gasteiger partial charge in [0.1, 0.15) is 6.10 Å². The lowest BCUT2D eigenvalue weighted by Gasteiger charge is -2.11. The average Bonchev–Trinajstić information content (AvgIpc) is 3.75. The third-order valence-corrected chi connectivity index (χ3v) is 6.05. The van der Waals surface area contributed by atoms with Gasteiger partial charge in [0.15, 0.2) is 23.2 Å². The van der Waals surface area contributed by atoms with Gasteiger partial charge in [-0.25, -0.2) is 18.0 Å². The highest BCUT2D eigenvalue weighted by Gasteiger charge is 2.30. The number of hydrogen-bond acceptors (Lipinski definition) is 3. The number of carbonyl (C=O) groups is 1. The summed E-state index contributed by atoms with van der Waals surface area (Å²) in [5.74, 6) is -5.91. The van der Waals surface area contributed by atoms with Gasteiger partial charge in [-0.2, -0.15) is 4.39 Å². The molecule has 4 aromatic carbocycles. The van der Waals surface area contributed by atoms with Crippen LogP contribution in [-0.4, -0.2) is 12.6 Å². The number of epoxide rings is 1. The Morgan fingerprint density at radius 2 is 1.35 bits per heavy atom. The summed E-state index contributed by atoms with van der Waals surface area (Å²) in [7, 11) is 0. The van der Waals surface area contributed by atoms with Crippen LogP contribution in [0.3, 0.4) is 0 Å². The van der Waals surface area contributed by atoms with Gasteiger partial charge in [0.25, 0.3) is 0 Å². The molecule has 5 rings (SSSR count). The Hall–Kier alpha value is -4.23. The number of rotatable bonds is 6. The topological polar surface area (TPSA) is 38.8 Å². The predicted octanol–water partition coefficient (Wildman–Crippen LogP) is 7.90. The van der Waals surface area contributed by atoms with Crippen molar-refractivity contribution in [3.05, 3.63) is 119 Å². The van der Waals surface area contributed by atoms with Crippen molar-refractivity contribution in [1.29, 1.82) is 0 Å². The Kier molecular flexibility index (Phi) is 6.63. The molecular weight excluding hydrogens is 484 g/mol. The molecule has 1 heterocycles. The van der Waals surface area contributed by atoms with Gasteiger partial charge >= 0.3 is 5.97 Å². The van der Waals surface area contributed by atoms with Gasteiger partial charge in [0, 0.05) is 16.7 Å². The van der Waals surface area contributed by atoms with E-state index in [1.165, 1.54) is 42.5 Å². The Morgan fingerprint density at radius 1 is 0.784 bits per heavy atom. The summed E-state index contributed by atoms with van der Waals surface area (Å²) >= 11 is 0. The van der Waals surface area contributed by atoms with Gasteiger partial charge in [-0.3, -0.25) is 0 Å². The molecule has 186 valence electrons. The number of carbonyl (C=O) groups excluding carboxylic acids is 1. The van der Waals surface area contributed by atoms with Crippen molar-refractivity contribution in [3.63, 3.8) is 0 Å². The van der Waals surface area contributed by atoms with E-state index in [9.17, 15) is 22.4 Å². The van der Waals surface area contributed by atoms with Gasteiger partial charge in [0.2, 0.25) is 5.82 Å². The van der Waals surface area contributed by atoms with E-state index in [2.05, 4.69) is 0 Å². The number of halogens is 4. The maximum absolute atomic E-state index is 15.0. The van der Waals surface area contributed by atoms with Crippen molar-refractivity contribution in [2.45, 2.75) is 13.0 Å². The molecule has 37 heavy (non-hydrogen) atoms. The molecule has 3 nitrogen and oxygen atoms in total. The van der Waals surface area contributed by atoms with Crippen molar-refractivity contribution in [2.24, 2.45) is 0 Å². The van der Waals surface area contributed by atoms with Crippen LogP contribution in [0.1, 0.15) is 34.5 Å². The highest BCUT2D eigenvalue weighted by molar-refractivity contribution is 5.91. The summed E-state index contributed by atoms with van der Waals surface area (Å²) in [5.41, 5.74) is 2.04. The molecule has 0 amide bonds. The summed E-state index contributed by atoms with van der Waals surface area (Å²) in [6, 6.07) is 18.0. The summed E-state index contributed by atoms with van der Waals surface area (Å²) in [5, 5.41) is 0. The molecule has 1 unspecified atom stereocenters. The van der Waals surface area contributed by atoms with Gasteiger partial charge in [-0.15, -0.1) is 0 Å². The van der Waals surface area contributed by atoms with Crippen molar-refractivity contribution in [2.75, 3.05) is 6.61 Å². The monoisotopic (exact) mass is 504 g/mol. The minimum Gasteiger partial charge on any atom is -0.420 e. The molecule has 0 N–H and O–H groups in total. The first-order valence-corrected chi connectivity index (χ1v) is 11.5. The number of ether oxygens (including phenoxy) is 2. The molecule has 1 atom stereocenters. The zero-order chi connectivity index (χ0) is 26.1. The summed E-state index contributed by atoms with van der Waals surface area (Å²) < 4.78 is 68.4. The van der Waals surface area contributed by atoms with E-state index in [1.54, 1.807) is 12.1 Å². The van der Waals surface area contributed by atoms with E-state index < -0.39 is 41.1 Å². The zero-order valence-electron chi connectivity index (χ0n) is 19.6. The average molecular weight is 504 g/mol. The van der Waals surface area contributed by atoms with Crippen molar-refractivity contribution < 1.29 is 31.8 Å². The molecular formula is C30H20F4O3. The normalized spacial score (nSPS) is 14.7. The van der Waals surface area contributed by atoms with E-state index in [0.29, 0.717) is 17.7 Å². The lowest BCUT2D eigenvalue weighted by atomic mass is 9.97. The fourth-order valence-electron chi connectivity index (χ4n) is 4.01. The third-order valence-electron chi connectivity index (χ3n) is 6.05. The van der Waals surface area contributed by atoms with Crippen LogP contribution in [0.25, 0.3) is 28.3 Å². The zero-order valence-corrected chi connectivity index (χ0v) is 19.6. The van der Waals surface area contributed by atoms with Crippen LogP contribution < -0.4 is 4.74 Å². The second kappa shape index (κ2) is 10.0. The minimum absolute atomic E-state index is 0.0118. The largest absolute Gasteiger partial charge is 0.420 e.